The highest BCUT2D eigenvalue weighted by atomic mass is 32.2. The number of hydrogen-bond acceptors (Lipinski definition) is 6. The predicted molar refractivity (Wildman–Crippen MR) is 76.4 cm³/mol. The minimum absolute atomic E-state index is 0.0322. The molecule has 7 nitrogen and oxygen atoms in total. The number of sulfone groups is 1. The predicted octanol–water partition coefficient (Wildman–Crippen LogP) is 1.30. The molecule has 0 aliphatic carbocycles. The van der Waals surface area contributed by atoms with Crippen LogP contribution in [0.3, 0.4) is 0 Å². The van der Waals surface area contributed by atoms with Gasteiger partial charge in [-0.3, -0.25) is 4.79 Å². The normalized spacial score (nSPS) is 12.5. The van der Waals surface area contributed by atoms with Gasteiger partial charge in [0.15, 0.2) is 15.4 Å². The van der Waals surface area contributed by atoms with Gasteiger partial charge in [0, 0.05) is 12.0 Å². The molecule has 21 heavy (non-hydrogen) atoms. The van der Waals surface area contributed by atoms with E-state index in [9.17, 15) is 13.2 Å². The van der Waals surface area contributed by atoms with E-state index in [0.29, 0.717) is 5.52 Å². The zero-order valence-electron chi connectivity index (χ0n) is 12.1. The highest BCUT2D eigenvalue weighted by molar-refractivity contribution is 7.91. The van der Waals surface area contributed by atoms with Gasteiger partial charge in [-0.05, 0) is 43.2 Å². The molecule has 0 aliphatic rings. The maximum Gasteiger partial charge on any atom is 0.221 e. The Labute approximate surface area is 122 Å². The van der Waals surface area contributed by atoms with E-state index in [-0.39, 0.29) is 28.5 Å². The molecule has 2 aromatic rings. The maximum atomic E-state index is 12.3. The summed E-state index contributed by atoms with van der Waals surface area (Å²) in [7, 11) is -3.63. The number of benzene rings is 1. The third kappa shape index (κ3) is 3.78. The van der Waals surface area contributed by atoms with E-state index in [1.165, 1.54) is 6.07 Å². The minimum atomic E-state index is -3.63. The first-order valence-corrected chi connectivity index (χ1v) is 8.09. The van der Waals surface area contributed by atoms with E-state index in [1.807, 2.05) is 20.8 Å². The molecular weight excluding hydrogens is 294 g/mol. The van der Waals surface area contributed by atoms with Crippen LogP contribution in [0.5, 0.6) is 0 Å². The second-order valence-corrected chi connectivity index (χ2v) is 7.83. The van der Waals surface area contributed by atoms with Gasteiger partial charge in [-0.1, -0.05) is 6.07 Å². The summed E-state index contributed by atoms with van der Waals surface area (Å²) in [4.78, 5) is 11.8. The molecule has 1 N–H and O–H groups in total. The van der Waals surface area contributed by atoms with Crippen LogP contribution in [0.4, 0.5) is 0 Å². The molecule has 0 spiro atoms. The molecule has 0 atom stereocenters. The molecular formula is C13H17N3O4S. The molecule has 0 saturated heterocycles. The van der Waals surface area contributed by atoms with Crippen LogP contribution in [0.25, 0.3) is 11.0 Å². The summed E-state index contributed by atoms with van der Waals surface area (Å²) in [6.45, 7) is 5.50. The Morgan fingerprint density at radius 2 is 2.00 bits per heavy atom. The average molecular weight is 311 g/mol. The number of fused-ring (bicyclic) bond motifs is 1. The van der Waals surface area contributed by atoms with Gasteiger partial charge in [-0.25, -0.2) is 13.0 Å². The fourth-order valence-electron chi connectivity index (χ4n) is 1.85. The van der Waals surface area contributed by atoms with Crippen molar-refractivity contribution < 1.29 is 17.8 Å². The lowest BCUT2D eigenvalue weighted by Crippen LogP contribution is -2.41. The Balaban J connectivity index is 2.16. The van der Waals surface area contributed by atoms with E-state index in [1.54, 1.807) is 12.1 Å². The smallest absolute Gasteiger partial charge is 0.221 e. The van der Waals surface area contributed by atoms with Crippen LogP contribution < -0.4 is 5.32 Å². The summed E-state index contributed by atoms with van der Waals surface area (Å²) >= 11 is 0. The molecule has 2 rings (SSSR count). The summed E-state index contributed by atoms with van der Waals surface area (Å²) < 4.78 is 29.2. The zero-order chi connectivity index (χ0) is 15.7. The average Bonchev–Trinajstić information content (AvgIpc) is 2.82. The number of amides is 1. The molecule has 1 aromatic heterocycles. The van der Waals surface area contributed by atoms with Crippen LogP contribution in [-0.4, -0.2) is 35.9 Å². The Kier molecular flexibility index (Phi) is 3.99. The molecule has 8 heteroatoms. The molecule has 0 fully saturated rings. The Bertz CT molecular complexity index is 759. The molecule has 0 bridgehead atoms. The Morgan fingerprint density at radius 3 is 2.67 bits per heavy atom. The topological polar surface area (TPSA) is 102 Å². The van der Waals surface area contributed by atoms with Gasteiger partial charge in [0.1, 0.15) is 5.52 Å². The van der Waals surface area contributed by atoms with Gasteiger partial charge >= 0.3 is 0 Å². The molecule has 0 saturated carbocycles. The fourth-order valence-corrected chi connectivity index (χ4v) is 3.25. The third-order valence-electron chi connectivity index (χ3n) is 2.70. The molecule has 0 aliphatic heterocycles. The van der Waals surface area contributed by atoms with Crippen molar-refractivity contribution in [2.45, 2.75) is 37.6 Å². The van der Waals surface area contributed by atoms with Crippen molar-refractivity contribution in [1.29, 1.82) is 0 Å². The summed E-state index contributed by atoms with van der Waals surface area (Å²) in [5, 5.41) is 9.94. The number of aromatic nitrogens is 2. The fraction of sp³-hybridized carbons (Fsp3) is 0.462. The van der Waals surface area contributed by atoms with E-state index >= 15 is 0 Å². The third-order valence-corrected chi connectivity index (χ3v) is 4.44. The van der Waals surface area contributed by atoms with E-state index in [0.717, 1.165) is 0 Å². The highest BCUT2D eigenvalue weighted by Crippen LogP contribution is 2.21. The lowest BCUT2D eigenvalue weighted by atomic mass is 10.1. The van der Waals surface area contributed by atoms with Crippen LogP contribution in [0.15, 0.2) is 27.7 Å². The van der Waals surface area contributed by atoms with Gasteiger partial charge in [0.25, 0.3) is 0 Å². The van der Waals surface area contributed by atoms with E-state index in [2.05, 4.69) is 20.3 Å². The number of rotatable bonds is 4. The second kappa shape index (κ2) is 5.44. The van der Waals surface area contributed by atoms with Crippen molar-refractivity contribution in [2.24, 2.45) is 0 Å². The van der Waals surface area contributed by atoms with Gasteiger partial charge in [0.2, 0.25) is 5.91 Å². The number of hydrogen-bond donors (Lipinski definition) is 1. The maximum absolute atomic E-state index is 12.3. The monoisotopic (exact) mass is 311 g/mol. The van der Waals surface area contributed by atoms with Crippen molar-refractivity contribution in [3.05, 3.63) is 18.2 Å². The van der Waals surface area contributed by atoms with Crippen molar-refractivity contribution in [1.82, 2.24) is 15.6 Å². The second-order valence-electron chi connectivity index (χ2n) is 5.76. The lowest BCUT2D eigenvalue weighted by molar-refractivity contribution is -0.122. The van der Waals surface area contributed by atoms with Crippen LogP contribution in [0.1, 0.15) is 27.2 Å². The summed E-state index contributed by atoms with van der Waals surface area (Å²) in [6.07, 6.45) is -0.110. The summed E-state index contributed by atoms with van der Waals surface area (Å²) in [5.41, 5.74) is 0.167. The highest BCUT2D eigenvalue weighted by Gasteiger charge is 2.22. The quantitative estimate of drug-likeness (QED) is 0.913. The summed E-state index contributed by atoms with van der Waals surface area (Å²) in [6, 6.07) is 4.61. The first-order valence-electron chi connectivity index (χ1n) is 6.44. The molecule has 0 radical (unpaired) electrons. The largest absolute Gasteiger partial charge is 0.351 e. The van der Waals surface area contributed by atoms with Crippen molar-refractivity contribution in [3.63, 3.8) is 0 Å². The SMILES string of the molecule is CC(C)(C)NC(=O)CCS(=O)(=O)c1cccc2nonc12. The molecule has 1 heterocycles. The molecule has 0 unspecified atom stereocenters. The number of carbonyl (C=O) groups excluding carboxylic acids is 1. The van der Waals surface area contributed by atoms with Gasteiger partial charge in [-0.2, -0.15) is 0 Å². The summed E-state index contributed by atoms with van der Waals surface area (Å²) in [5.74, 6) is -0.600. The van der Waals surface area contributed by atoms with Crippen LogP contribution in [0.2, 0.25) is 0 Å². The first-order chi connectivity index (χ1) is 9.69. The zero-order valence-corrected chi connectivity index (χ0v) is 12.9. The van der Waals surface area contributed by atoms with Crippen molar-refractivity contribution in [3.8, 4) is 0 Å². The standard InChI is InChI=1S/C13H17N3O4S/c1-13(2,3)14-11(17)7-8-21(18,19)10-6-4-5-9-12(10)16-20-15-9/h4-6H,7-8H2,1-3H3,(H,14,17). The molecule has 1 amide bonds. The van der Waals surface area contributed by atoms with Gasteiger partial charge in [-0.15, -0.1) is 0 Å². The number of nitrogens with one attached hydrogen (secondary N) is 1. The minimum Gasteiger partial charge on any atom is -0.351 e. The van der Waals surface area contributed by atoms with Crippen molar-refractivity contribution >= 4 is 26.8 Å². The van der Waals surface area contributed by atoms with Crippen LogP contribution in [-0.2, 0) is 14.6 Å². The lowest BCUT2D eigenvalue weighted by Gasteiger charge is -2.20. The Hall–Kier alpha value is -1.96. The first kappa shape index (κ1) is 15.4. The molecule has 114 valence electrons. The van der Waals surface area contributed by atoms with Crippen LogP contribution in [0, 0.1) is 0 Å². The van der Waals surface area contributed by atoms with E-state index in [4.69, 9.17) is 0 Å². The number of carbonyl (C=O) groups is 1. The number of nitrogens with zero attached hydrogens (tertiary/aromatic N) is 2. The van der Waals surface area contributed by atoms with Crippen molar-refractivity contribution in [2.75, 3.05) is 5.75 Å². The Morgan fingerprint density at radius 1 is 1.29 bits per heavy atom. The van der Waals surface area contributed by atoms with Gasteiger partial charge in [0.05, 0.1) is 10.6 Å². The molecule has 1 aromatic carbocycles. The van der Waals surface area contributed by atoms with Gasteiger partial charge < -0.3 is 5.32 Å². The van der Waals surface area contributed by atoms with E-state index < -0.39 is 15.4 Å². The van der Waals surface area contributed by atoms with Crippen LogP contribution >= 0.6 is 0 Å².